The molecule has 2 aromatic carbocycles. The average Bonchev–Trinajstić information content (AvgIpc) is 3.08. The van der Waals surface area contributed by atoms with E-state index in [0.29, 0.717) is 22.6 Å². The number of anilines is 1. The van der Waals surface area contributed by atoms with Crippen LogP contribution in [0.3, 0.4) is 0 Å². The van der Waals surface area contributed by atoms with Gasteiger partial charge < -0.3 is 9.26 Å². The molecule has 0 fully saturated rings. The zero-order valence-corrected chi connectivity index (χ0v) is 17.3. The van der Waals surface area contributed by atoms with E-state index in [-0.39, 0.29) is 22.0 Å². The Morgan fingerprint density at radius 2 is 1.83 bits per heavy atom. The fraction of sp³-hybridized carbons (Fsp3) is 0.150. The molecule has 1 heterocycles. The van der Waals surface area contributed by atoms with E-state index >= 15 is 0 Å². The van der Waals surface area contributed by atoms with Crippen LogP contribution >= 0.6 is 0 Å². The van der Waals surface area contributed by atoms with Crippen molar-refractivity contribution in [3.8, 4) is 5.75 Å². The lowest BCUT2D eigenvalue weighted by molar-refractivity contribution is -0.386. The summed E-state index contributed by atoms with van der Waals surface area (Å²) in [6.45, 7) is 3.15. The van der Waals surface area contributed by atoms with E-state index in [9.17, 15) is 18.5 Å². The number of ether oxygens (including phenoxy) is 1. The molecule has 0 unspecified atom stereocenters. The lowest BCUT2D eigenvalue weighted by Gasteiger charge is -2.11. The largest absolute Gasteiger partial charge is 0.497 e. The number of nitro groups is 1. The summed E-state index contributed by atoms with van der Waals surface area (Å²) < 4.78 is 38.3. The van der Waals surface area contributed by atoms with Gasteiger partial charge in [-0.15, -0.1) is 0 Å². The Hall–Kier alpha value is -3.66. The van der Waals surface area contributed by atoms with Crippen LogP contribution in [0.1, 0.15) is 22.6 Å². The van der Waals surface area contributed by atoms with Crippen molar-refractivity contribution in [3.05, 3.63) is 75.2 Å². The molecule has 0 saturated carbocycles. The Labute approximate surface area is 173 Å². The molecule has 9 nitrogen and oxygen atoms in total. The summed E-state index contributed by atoms with van der Waals surface area (Å²) in [7, 11) is -2.33. The maximum Gasteiger partial charge on any atom is 0.338 e. The minimum absolute atomic E-state index is 0.0150. The molecule has 0 amide bonds. The van der Waals surface area contributed by atoms with Crippen molar-refractivity contribution in [1.29, 1.82) is 0 Å². The molecule has 3 aromatic rings. The third kappa shape index (κ3) is 4.49. The lowest BCUT2D eigenvalue weighted by atomic mass is 10.1. The highest BCUT2D eigenvalue weighted by molar-refractivity contribution is 7.92. The molecule has 1 N–H and O–H groups in total. The zero-order valence-electron chi connectivity index (χ0n) is 16.4. The predicted molar refractivity (Wildman–Crippen MR) is 112 cm³/mol. The fourth-order valence-corrected chi connectivity index (χ4v) is 4.10. The van der Waals surface area contributed by atoms with Gasteiger partial charge in [-0.25, -0.2) is 8.42 Å². The van der Waals surface area contributed by atoms with Gasteiger partial charge in [-0.3, -0.25) is 14.8 Å². The van der Waals surface area contributed by atoms with E-state index in [0.717, 1.165) is 0 Å². The molecule has 0 bridgehead atoms. The molecule has 10 heteroatoms. The van der Waals surface area contributed by atoms with Gasteiger partial charge in [-0.05, 0) is 61.4 Å². The van der Waals surface area contributed by atoms with Gasteiger partial charge in [0, 0.05) is 5.69 Å². The van der Waals surface area contributed by atoms with Crippen LogP contribution in [-0.2, 0) is 10.0 Å². The standard InChI is InChI=1S/C20H19N3O6S/c1-13-4-5-15(6-11-18-20(23(24)25)14(2)21-29-18)12-19(13)30(26,27)22-16-7-9-17(28-3)10-8-16/h4-12,22H,1-3H3/b11-6+. The van der Waals surface area contributed by atoms with Gasteiger partial charge in [0.05, 0.1) is 16.9 Å². The summed E-state index contributed by atoms with van der Waals surface area (Å²) in [6, 6.07) is 11.3. The highest BCUT2D eigenvalue weighted by Gasteiger charge is 2.22. The third-order valence-electron chi connectivity index (χ3n) is 4.31. The van der Waals surface area contributed by atoms with Crippen LogP contribution in [0.25, 0.3) is 12.2 Å². The summed E-state index contributed by atoms with van der Waals surface area (Å²) in [5.41, 5.74) is 1.40. The first kappa shape index (κ1) is 21.1. The number of hydrogen-bond acceptors (Lipinski definition) is 7. The first-order valence-electron chi connectivity index (χ1n) is 8.77. The Kier molecular flexibility index (Phi) is 5.88. The Morgan fingerprint density at radius 1 is 1.13 bits per heavy atom. The van der Waals surface area contributed by atoms with E-state index in [4.69, 9.17) is 9.26 Å². The third-order valence-corrected chi connectivity index (χ3v) is 5.83. The predicted octanol–water partition coefficient (Wildman–Crippen LogP) is 4.18. The molecule has 0 aliphatic carbocycles. The molecular formula is C20H19N3O6S. The second-order valence-electron chi connectivity index (χ2n) is 6.43. The lowest BCUT2D eigenvalue weighted by Crippen LogP contribution is -2.14. The van der Waals surface area contributed by atoms with E-state index in [2.05, 4.69) is 9.88 Å². The summed E-state index contributed by atoms with van der Waals surface area (Å²) >= 11 is 0. The fourth-order valence-electron chi connectivity index (χ4n) is 2.76. The molecule has 0 spiro atoms. The highest BCUT2D eigenvalue weighted by Crippen LogP contribution is 2.26. The molecule has 0 atom stereocenters. The van der Waals surface area contributed by atoms with Crippen molar-refractivity contribution in [2.45, 2.75) is 18.7 Å². The molecule has 0 radical (unpaired) electrons. The number of methoxy groups -OCH3 is 1. The number of rotatable bonds is 7. The van der Waals surface area contributed by atoms with Crippen molar-refractivity contribution in [2.24, 2.45) is 0 Å². The first-order chi connectivity index (χ1) is 14.2. The summed E-state index contributed by atoms with van der Waals surface area (Å²) in [6.07, 6.45) is 2.91. The Morgan fingerprint density at radius 3 is 2.47 bits per heavy atom. The molecular weight excluding hydrogens is 410 g/mol. The van der Waals surface area contributed by atoms with Gasteiger partial charge in [0.2, 0.25) is 5.76 Å². The average molecular weight is 429 g/mol. The van der Waals surface area contributed by atoms with Crippen molar-refractivity contribution in [2.75, 3.05) is 11.8 Å². The van der Waals surface area contributed by atoms with Gasteiger partial charge in [0.25, 0.3) is 10.0 Å². The van der Waals surface area contributed by atoms with Crippen LogP contribution in [-0.4, -0.2) is 25.6 Å². The van der Waals surface area contributed by atoms with Crippen molar-refractivity contribution in [1.82, 2.24) is 5.16 Å². The van der Waals surface area contributed by atoms with Crippen molar-refractivity contribution < 1.29 is 22.6 Å². The number of nitrogens with one attached hydrogen (secondary N) is 1. The molecule has 1 aromatic heterocycles. The minimum Gasteiger partial charge on any atom is -0.497 e. The number of nitrogens with zero attached hydrogens (tertiary/aromatic N) is 2. The summed E-state index contributed by atoms with van der Waals surface area (Å²) in [4.78, 5) is 10.6. The normalized spacial score (nSPS) is 11.6. The number of aryl methyl sites for hydroxylation is 2. The SMILES string of the molecule is COc1ccc(NS(=O)(=O)c2cc(/C=C/c3onc(C)c3[N+](=O)[O-])ccc2C)cc1. The first-order valence-corrected chi connectivity index (χ1v) is 10.3. The molecule has 0 aliphatic rings. The van der Waals surface area contributed by atoms with Crippen LogP contribution in [0.15, 0.2) is 51.9 Å². The smallest absolute Gasteiger partial charge is 0.338 e. The summed E-state index contributed by atoms with van der Waals surface area (Å²) in [5.74, 6) is 0.594. The van der Waals surface area contributed by atoms with Crippen LogP contribution in [0.2, 0.25) is 0 Å². The second-order valence-corrected chi connectivity index (χ2v) is 8.08. The van der Waals surface area contributed by atoms with Gasteiger partial charge >= 0.3 is 5.69 Å². The monoisotopic (exact) mass is 429 g/mol. The number of aromatic nitrogens is 1. The maximum atomic E-state index is 12.9. The quantitative estimate of drug-likeness (QED) is 0.441. The number of sulfonamides is 1. The second kappa shape index (κ2) is 8.37. The van der Waals surface area contributed by atoms with E-state index in [1.54, 1.807) is 43.3 Å². The molecule has 30 heavy (non-hydrogen) atoms. The Balaban J connectivity index is 1.90. The van der Waals surface area contributed by atoms with Gasteiger partial charge in [0.1, 0.15) is 5.75 Å². The maximum absolute atomic E-state index is 12.9. The van der Waals surface area contributed by atoms with Crippen LogP contribution in [0.5, 0.6) is 5.75 Å². The number of benzene rings is 2. The highest BCUT2D eigenvalue weighted by atomic mass is 32.2. The molecule has 0 saturated heterocycles. The van der Waals surface area contributed by atoms with Gasteiger partial charge in [0.15, 0.2) is 5.69 Å². The molecule has 0 aliphatic heterocycles. The van der Waals surface area contributed by atoms with E-state index in [1.807, 2.05) is 0 Å². The van der Waals surface area contributed by atoms with Crippen molar-refractivity contribution >= 4 is 33.6 Å². The van der Waals surface area contributed by atoms with E-state index in [1.165, 1.54) is 32.3 Å². The molecule has 3 rings (SSSR count). The Bertz CT molecular complexity index is 1210. The molecule has 156 valence electrons. The number of hydrogen-bond donors (Lipinski definition) is 1. The van der Waals surface area contributed by atoms with E-state index < -0.39 is 14.9 Å². The van der Waals surface area contributed by atoms with Crippen molar-refractivity contribution in [3.63, 3.8) is 0 Å². The van der Waals surface area contributed by atoms with Gasteiger partial charge in [-0.2, -0.15) is 0 Å². The minimum atomic E-state index is -3.86. The summed E-state index contributed by atoms with van der Waals surface area (Å²) in [5, 5.41) is 14.7. The topological polar surface area (TPSA) is 125 Å². The van der Waals surface area contributed by atoms with Gasteiger partial charge in [-0.1, -0.05) is 23.4 Å². The van der Waals surface area contributed by atoms with Crippen LogP contribution in [0.4, 0.5) is 11.4 Å². The van der Waals surface area contributed by atoms with Crippen LogP contribution < -0.4 is 9.46 Å². The van der Waals surface area contributed by atoms with Crippen LogP contribution in [0, 0.1) is 24.0 Å². The zero-order chi connectivity index (χ0) is 21.9.